The van der Waals surface area contributed by atoms with E-state index < -0.39 is 11.2 Å². The second-order valence-corrected chi connectivity index (χ2v) is 12.2. The lowest BCUT2D eigenvalue weighted by molar-refractivity contribution is -0.173. The molecule has 2 aliphatic carbocycles. The summed E-state index contributed by atoms with van der Waals surface area (Å²) in [5, 5.41) is 0. The highest BCUT2D eigenvalue weighted by Gasteiger charge is 2.81. The Labute approximate surface area is 225 Å². The molecule has 4 atom stereocenters. The first-order chi connectivity index (χ1) is 18.3. The summed E-state index contributed by atoms with van der Waals surface area (Å²) in [7, 11) is 0. The molecule has 2 aliphatic heterocycles. The number of rotatable bonds is 4. The molecule has 3 heteroatoms. The van der Waals surface area contributed by atoms with Gasteiger partial charge in [-0.1, -0.05) is 105 Å². The van der Waals surface area contributed by atoms with Gasteiger partial charge >= 0.3 is 5.97 Å². The highest BCUT2D eigenvalue weighted by molar-refractivity contribution is 5.94. The number of benzene rings is 3. The van der Waals surface area contributed by atoms with E-state index in [-0.39, 0.29) is 16.8 Å². The molecule has 1 spiro atoms. The monoisotopic (exact) mass is 502 g/mol. The average Bonchev–Trinajstić information content (AvgIpc) is 3.34. The molecule has 7 rings (SSSR count). The van der Waals surface area contributed by atoms with Gasteiger partial charge in [-0.25, -0.2) is 4.79 Å². The minimum Gasteiger partial charge on any atom is -0.464 e. The van der Waals surface area contributed by atoms with Gasteiger partial charge in [-0.15, -0.1) is 0 Å². The van der Waals surface area contributed by atoms with Crippen molar-refractivity contribution in [1.29, 1.82) is 0 Å². The summed E-state index contributed by atoms with van der Waals surface area (Å²) >= 11 is 0. The Kier molecular flexibility index (Phi) is 5.01. The van der Waals surface area contributed by atoms with Gasteiger partial charge in [-0.2, -0.15) is 0 Å². The minimum absolute atomic E-state index is 0.193. The number of hydrogen-bond donors (Lipinski definition) is 0. The zero-order chi connectivity index (χ0) is 26.2. The molecule has 3 aromatic carbocycles. The molecule has 4 aliphatic rings. The highest BCUT2D eigenvalue weighted by atomic mass is 16.6. The summed E-state index contributed by atoms with van der Waals surface area (Å²) in [6.45, 7) is 6.96. The van der Waals surface area contributed by atoms with Gasteiger partial charge in [-0.3, -0.25) is 0 Å². The third-order valence-corrected chi connectivity index (χ3v) is 9.60. The van der Waals surface area contributed by atoms with Crippen LogP contribution in [0.4, 0.5) is 0 Å². The molecule has 3 aromatic rings. The second-order valence-electron chi connectivity index (χ2n) is 12.2. The van der Waals surface area contributed by atoms with Crippen LogP contribution in [0.2, 0.25) is 0 Å². The normalized spacial score (nSPS) is 34.4. The van der Waals surface area contributed by atoms with Crippen LogP contribution in [0.1, 0.15) is 74.3 Å². The summed E-state index contributed by atoms with van der Waals surface area (Å²) in [6, 6.07) is 27.9. The molecule has 3 nitrogen and oxygen atoms in total. The topological polar surface area (TPSA) is 35.5 Å². The van der Waals surface area contributed by atoms with Gasteiger partial charge in [0.25, 0.3) is 0 Å². The van der Waals surface area contributed by atoms with Gasteiger partial charge in [0.15, 0.2) is 5.60 Å². The molecule has 2 saturated heterocycles. The van der Waals surface area contributed by atoms with E-state index in [1.54, 1.807) is 0 Å². The standard InChI is InChI=1S/C35H34O3/c1-4-37-31(36)34-22-32(2)20-26(18-24-12-7-5-8-13-24)28-16-11-17-29-27(19-25-14-9-6-10-15-25)21-33(3,23-34)35(32,38-34)30(28)29/h5-19H,4,20-23H2,1-3H3/b26-18-,27-19+/t32-,33+,34?,35?/m0/s1. The third kappa shape index (κ3) is 3.03. The van der Waals surface area contributed by atoms with E-state index in [4.69, 9.17) is 9.47 Å². The van der Waals surface area contributed by atoms with E-state index in [2.05, 4.69) is 105 Å². The summed E-state index contributed by atoms with van der Waals surface area (Å²) < 4.78 is 12.9. The van der Waals surface area contributed by atoms with E-state index in [1.165, 1.54) is 39.0 Å². The lowest BCUT2D eigenvalue weighted by Crippen LogP contribution is -2.57. The Morgan fingerprint density at radius 1 is 0.789 bits per heavy atom. The molecule has 2 heterocycles. The second kappa shape index (κ2) is 8.04. The number of allylic oxidation sites excluding steroid dienone is 2. The third-order valence-electron chi connectivity index (χ3n) is 9.60. The van der Waals surface area contributed by atoms with Crippen LogP contribution in [0.3, 0.4) is 0 Å². The van der Waals surface area contributed by atoms with Crippen LogP contribution >= 0.6 is 0 Å². The molecule has 192 valence electrons. The van der Waals surface area contributed by atoms with Crippen LogP contribution in [-0.4, -0.2) is 18.2 Å². The Morgan fingerprint density at radius 2 is 1.29 bits per heavy atom. The van der Waals surface area contributed by atoms with Gasteiger partial charge in [0, 0.05) is 10.8 Å². The number of hydrogen-bond acceptors (Lipinski definition) is 3. The lowest BCUT2D eigenvalue weighted by atomic mass is 9.43. The van der Waals surface area contributed by atoms with Crippen molar-refractivity contribution >= 4 is 29.3 Å². The van der Waals surface area contributed by atoms with Crippen LogP contribution in [0.25, 0.3) is 23.3 Å². The fourth-order valence-corrected chi connectivity index (χ4v) is 8.65. The molecule has 2 fully saturated rings. The maximum atomic E-state index is 13.6. The molecule has 2 unspecified atom stereocenters. The van der Waals surface area contributed by atoms with Crippen molar-refractivity contribution in [1.82, 2.24) is 0 Å². The Hall–Kier alpha value is -3.43. The quantitative estimate of drug-likeness (QED) is 0.340. The van der Waals surface area contributed by atoms with Crippen molar-refractivity contribution < 1.29 is 14.3 Å². The van der Waals surface area contributed by atoms with Gasteiger partial charge in [0.2, 0.25) is 0 Å². The van der Waals surface area contributed by atoms with Crippen LogP contribution in [0.5, 0.6) is 0 Å². The van der Waals surface area contributed by atoms with E-state index in [0.29, 0.717) is 19.4 Å². The van der Waals surface area contributed by atoms with Gasteiger partial charge < -0.3 is 9.47 Å². The number of fused-ring (bicyclic) bond motifs is 1. The fourth-order valence-electron chi connectivity index (χ4n) is 8.65. The first kappa shape index (κ1) is 23.7. The molecule has 0 amide bonds. The van der Waals surface area contributed by atoms with Gasteiger partial charge in [-0.05, 0) is 71.6 Å². The van der Waals surface area contributed by atoms with Crippen molar-refractivity contribution in [2.45, 2.75) is 57.7 Å². The van der Waals surface area contributed by atoms with Crippen LogP contribution in [-0.2, 0) is 19.9 Å². The zero-order valence-corrected chi connectivity index (χ0v) is 22.4. The maximum Gasteiger partial charge on any atom is 0.338 e. The SMILES string of the molecule is CCOC(=O)C12C[C@]3(C)C/C(=C/c4ccccc4)c4cccc5c4C3(O1)[C@](C)(C/C5=C\c1ccccc1)C2. The molecular formula is C35H34O3. The molecule has 0 aromatic heterocycles. The number of ether oxygens (including phenoxy) is 2. The van der Waals surface area contributed by atoms with E-state index >= 15 is 0 Å². The Balaban J connectivity index is 1.51. The molecule has 0 N–H and O–H groups in total. The first-order valence-electron chi connectivity index (χ1n) is 13.9. The highest BCUT2D eigenvalue weighted by Crippen LogP contribution is 2.80. The van der Waals surface area contributed by atoms with Crippen molar-refractivity contribution in [3.05, 3.63) is 107 Å². The molecule has 2 bridgehead atoms. The first-order valence-corrected chi connectivity index (χ1v) is 13.9. The van der Waals surface area contributed by atoms with Crippen LogP contribution in [0, 0.1) is 10.8 Å². The number of esters is 1. The van der Waals surface area contributed by atoms with Crippen molar-refractivity contribution in [2.24, 2.45) is 10.8 Å². The fraction of sp³-hybridized carbons (Fsp3) is 0.343. The molecule has 0 radical (unpaired) electrons. The lowest BCUT2D eigenvalue weighted by Gasteiger charge is -2.59. The van der Waals surface area contributed by atoms with E-state index in [9.17, 15) is 4.79 Å². The smallest absolute Gasteiger partial charge is 0.338 e. The predicted molar refractivity (Wildman–Crippen MR) is 152 cm³/mol. The summed E-state index contributed by atoms with van der Waals surface area (Å²) in [4.78, 5) is 13.6. The van der Waals surface area contributed by atoms with Crippen LogP contribution < -0.4 is 0 Å². The number of carbonyl (C=O) groups is 1. The van der Waals surface area contributed by atoms with Gasteiger partial charge in [0.1, 0.15) is 5.60 Å². The minimum atomic E-state index is -0.908. The Bertz CT molecular complexity index is 1400. The molecule has 0 saturated carbocycles. The van der Waals surface area contributed by atoms with Crippen molar-refractivity contribution in [3.8, 4) is 0 Å². The predicted octanol–water partition coefficient (Wildman–Crippen LogP) is 7.91. The number of carbonyl (C=O) groups excluding carboxylic acids is 1. The average molecular weight is 503 g/mol. The van der Waals surface area contributed by atoms with Crippen molar-refractivity contribution in [3.63, 3.8) is 0 Å². The zero-order valence-electron chi connectivity index (χ0n) is 22.4. The summed E-state index contributed by atoms with van der Waals surface area (Å²) in [5.41, 5.74) is 6.92. The Morgan fingerprint density at radius 3 is 1.76 bits per heavy atom. The molecular weight excluding hydrogens is 468 g/mol. The largest absolute Gasteiger partial charge is 0.464 e. The summed E-state index contributed by atoms with van der Waals surface area (Å²) in [6.07, 6.45) is 7.78. The maximum absolute atomic E-state index is 13.6. The van der Waals surface area contributed by atoms with E-state index in [0.717, 1.165) is 12.8 Å². The summed E-state index contributed by atoms with van der Waals surface area (Å²) in [5.74, 6) is -0.193. The van der Waals surface area contributed by atoms with E-state index in [1.807, 2.05) is 6.92 Å². The van der Waals surface area contributed by atoms with Crippen molar-refractivity contribution in [2.75, 3.05) is 6.61 Å². The van der Waals surface area contributed by atoms with Crippen LogP contribution in [0.15, 0.2) is 78.9 Å². The molecule has 38 heavy (non-hydrogen) atoms. The van der Waals surface area contributed by atoms with Gasteiger partial charge in [0.05, 0.1) is 6.61 Å².